The fraction of sp³-hybridized carbons (Fsp3) is 0.467. The molecule has 1 atom stereocenters. The molecule has 1 unspecified atom stereocenters. The number of benzene rings is 2. The van der Waals surface area contributed by atoms with Crippen molar-refractivity contribution in [2.45, 2.75) is 64.1 Å². The van der Waals surface area contributed by atoms with Gasteiger partial charge in [0.15, 0.2) is 6.29 Å². The van der Waals surface area contributed by atoms with E-state index in [0.29, 0.717) is 61.7 Å². The van der Waals surface area contributed by atoms with E-state index in [0.717, 1.165) is 11.1 Å². The normalized spacial score (nSPS) is 17.8. The number of piperidine rings is 1. The molecule has 2 aromatic rings. The molecule has 9 nitrogen and oxygen atoms in total. The van der Waals surface area contributed by atoms with Crippen LogP contribution in [0.1, 0.15) is 62.2 Å². The van der Waals surface area contributed by atoms with Gasteiger partial charge in [0.25, 0.3) is 0 Å². The highest BCUT2D eigenvalue weighted by Gasteiger charge is 2.30. The van der Waals surface area contributed by atoms with Gasteiger partial charge in [-0.15, -0.1) is 0 Å². The highest BCUT2D eigenvalue weighted by atomic mass is 16.7. The smallest absolute Gasteiger partial charge is 0.410 e. The number of carbonyl (C=O) groups is 1. The lowest BCUT2D eigenvalue weighted by molar-refractivity contribution is -0.0468. The van der Waals surface area contributed by atoms with Gasteiger partial charge in [0, 0.05) is 38.0 Å². The third-order valence-electron chi connectivity index (χ3n) is 6.49. The number of nitriles is 1. The number of aliphatic hydroxyl groups excluding tert-OH is 1. The molecular weight excluding hydrogens is 498 g/mol. The summed E-state index contributed by atoms with van der Waals surface area (Å²) in [7, 11) is 0. The Hall–Kier alpha value is -3.58. The Bertz CT molecular complexity index is 1220. The molecule has 2 saturated heterocycles. The molecule has 0 bridgehead atoms. The second-order valence-corrected chi connectivity index (χ2v) is 10.8. The van der Waals surface area contributed by atoms with Crippen LogP contribution in [0.15, 0.2) is 42.5 Å². The average molecular weight is 536 g/mol. The molecule has 0 saturated carbocycles. The van der Waals surface area contributed by atoms with E-state index in [1.807, 2.05) is 32.9 Å². The number of hydrogen-bond donors (Lipinski definition) is 2. The molecule has 3 N–H and O–H groups in total. The minimum absolute atomic E-state index is 0.113. The number of nitrogen functional groups attached to an aromatic ring is 1. The number of anilines is 1. The third-order valence-corrected chi connectivity index (χ3v) is 6.49. The van der Waals surface area contributed by atoms with Crippen molar-refractivity contribution in [2.24, 2.45) is 0 Å². The summed E-state index contributed by atoms with van der Waals surface area (Å²) in [6.07, 6.45) is 3.24. The maximum absolute atomic E-state index is 12.4. The molecule has 2 aromatic carbocycles. The van der Waals surface area contributed by atoms with Gasteiger partial charge in [0.2, 0.25) is 0 Å². The van der Waals surface area contributed by atoms with E-state index in [1.54, 1.807) is 41.3 Å². The quantitative estimate of drug-likeness (QED) is 0.493. The second-order valence-electron chi connectivity index (χ2n) is 10.8. The van der Waals surface area contributed by atoms with E-state index in [1.165, 1.54) is 0 Å². The first-order valence-electron chi connectivity index (χ1n) is 13.3. The van der Waals surface area contributed by atoms with Gasteiger partial charge in [-0.1, -0.05) is 24.3 Å². The topological polar surface area (TPSA) is 127 Å². The fourth-order valence-corrected chi connectivity index (χ4v) is 4.55. The van der Waals surface area contributed by atoms with Crippen molar-refractivity contribution in [3.63, 3.8) is 0 Å². The van der Waals surface area contributed by atoms with Gasteiger partial charge in [-0.2, -0.15) is 5.26 Å². The molecule has 0 spiro atoms. The SMILES string of the molecule is CC(C)(C)OC(=O)N1CCC(Oc2cc(CC(O)/C=C/c3cccc(C#N)c3)c(N)cc2C2OCCO2)CC1. The molecule has 4 rings (SSSR count). The molecule has 39 heavy (non-hydrogen) atoms. The van der Waals surface area contributed by atoms with Crippen molar-refractivity contribution < 1.29 is 28.8 Å². The highest BCUT2D eigenvalue weighted by molar-refractivity contribution is 5.68. The number of nitrogens with two attached hydrogens (primary N) is 1. The fourth-order valence-electron chi connectivity index (χ4n) is 4.55. The van der Waals surface area contributed by atoms with Crippen molar-refractivity contribution in [1.82, 2.24) is 4.90 Å². The molecule has 2 aliphatic heterocycles. The minimum atomic E-state index is -0.798. The maximum Gasteiger partial charge on any atom is 0.410 e. The minimum Gasteiger partial charge on any atom is -0.490 e. The van der Waals surface area contributed by atoms with Gasteiger partial charge in [-0.25, -0.2) is 4.79 Å². The van der Waals surface area contributed by atoms with Crippen LogP contribution in [-0.2, 0) is 20.6 Å². The van der Waals surface area contributed by atoms with Crippen LogP contribution in [0.3, 0.4) is 0 Å². The summed E-state index contributed by atoms with van der Waals surface area (Å²) in [6, 6.07) is 12.9. The molecule has 2 heterocycles. The standard InChI is InChI=1S/C30H37N3O6/c1-30(2,3)39-29(35)33-11-9-24(10-12-33)38-27-17-22(26(32)18-25(27)28-36-13-14-37-28)16-23(34)8-7-20-5-4-6-21(15-20)19-31/h4-8,15,17-18,23-24,28,34H,9-14,16,32H2,1-3H3/b8-7+. The van der Waals surface area contributed by atoms with E-state index in [9.17, 15) is 9.90 Å². The van der Waals surface area contributed by atoms with Crippen molar-refractivity contribution in [2.75, 3.05) is 32.0 Å². The molecule has 0 aromatic heterocycles. The lowest BCUT2D eigenvalue weighted by Gasteiger charge is -2.34. The van der Waals surface area contributed by atoms with E-state index >= 15 is 0 Å². The van der Waals surface area contributed by atoms with Gasteiger partial charge in [0.05, 0.1) is 36.5 Å². The van der Waals surface area contributed by atoms with Crippen LogP contribution in [-0.4, -0.2) is 60.2 Å². The first-order chi connectivity index (χ1) is 18.6. The Labute approximate surface area is 229 Å². The van der Waals surface area contributed by atoms with Crippen molar-refractivity contribution in [1.29, 1.82) is 5.26 Å². The van der Waals surface area contributed by atoms with Crippen LogP contribution in [0, 0.1) is 11.3 Å². The van der Waals surface area contributed by atoms with Gasteiger partial charge in [-0.05, 0) is 56.2 Å². The van der Waals surface area contributed by atoms with Crippen LogP contribution in [0.5, 0.6) is 5.75 Å². The molecule has 208 valence electrons. The van der Waals surface area contributed by atoms with Gasteiger partial charge in [-0.3, -0.25) is 0 Å². The van der Waals surface area contributed by atoms with E-state index in [-0.39, 0.29) is 18.6 Å². The summed E-state index contributed by atoms with van der Waals surface area (Å²) in [5.41, 5.74) is 9.19. The maximum atomic E-state index is 12.4. The Kier molecular flexibility index (Phi) is 9.12. The van der Waals surface area contributed by atoms with Crippen molar-refractivity contribution in [3.8, 4) is 11.8 Å². The lowest BCUT2D eigenvalue weighted by Crippen LogP contribution is -2.44. The molecule has 0 radical (unpaired) electrons. The van der Waals surface area contributed by atoms with E-state index in [4.69, 9.17) is 29.9 Å². The number of hydrogen-bond acceptors (Lipinski definition) is 8. The van der Waals surface area contributed by atoms with E-state index < -0.39 is 18.0 Å². The highest BCUT2D eigenvalue weighted by Crippen LogP contribution is 2.37. The number of likely N-dealkylation sites (tertiary alicyclic amines) is 1. The predicted octanol–water partition coefficient (Wildman–Crippen LogP) is 4.58. The van der Waals surface area contributed by atoms with Crippen LogP contribution in [0.25, 0.3) is 6.08 Å². The molecule has 2 fully saturated rings. The molecular formula is C30H37N3O6. The largest absolute Gasteiger partial charge is 0.490 e. The van der Waals surface area contributed by atoms with Gasteiger partial charge < -0.3 is 34.7 Å². The first-order valence-corrected chi connectivity index (χ1v) is 13.3. The molecule has 1 amide bonds. The van der Waals surface area contributed by atoms with Crippen LogP contribution >= 0.6 is 0 Å². The number of ether oxygens (including phenoxy) is 4. The predicted molar refractivity (Wildman–Crippen MR) is 147 cm³/mol. The zero-order valence-corrected chi connectivity index (χ0v) is 22.8. The summed E-state index contributed by atoms with van der Waals surface area (Å²) in [5.74, 6) is 0.597. The van der Waals surface area contributed by atoms with Crippen LogP contribution in [0.2, 0.25) is 0 Å². The van der Waals surface area contributed by atoms with Gasteiger partial charge in [0.1, 0.15) is 17.5 Å². The van der Waals surface area contributed by atoms with Crippen LogP contribution < -0.4 is 10.5 Å². The Balaban J connectivity index is 1.46. The Morgan fingerprint density at radius 3 is 2.62 bits per heavy atom. The Morgan fingerprint density at radius 2 is 1.95 bits per heavy atom. The third kappa shape index (κ3) is 7.96. The first kappa shape index (κ1) is 28.4. The van der Waals surface area contributed by atoms with Crippen molar-refractivity contribution >= 4 is 17.9 Å². The Morgan fingerprint density at radius 1 is 1.23 bits per heavy atom. The summed E-state index contributed by atoms with van der Waals surface area (Å²) < 4.78 is 23.4. The number of rotatable bonds is 7. The average Bonchev–Trinajstić information content (AvgIpc) is 3.43. The number of aliphatic hydroxyl groups is 1. The lowest BCUT2D eigenvalue weighted by atomic mass is 10.0. The second kappa shape index (κ2) is 12.5. The van der Waals surface area contributed by atoms with Gasteiger partial charge >= 0.3 is 6.09 Å². The monoisotopic (exact) mass is 535 g/mol. The zero-order valence-electron chi connectivity index (χ0n) is 22.8. The van der Waals surface area contributed by atoms with E-state index in [2.05, 4.69) is 6.07 Å². The van der Waals surface area contributed by atoms with Crippen molar-refractivity contribution in [3.05, 3.63) is 64.7 Å². The van der Waals surface area contributed by atoms with Crippen LogP contribution in [0.4, 0.5) is 10.5 Å². The molecule has 2 aliphatic rings. The number of amides is 1. The number of nitrogens with zero attached hydrogens (tertiary/aromatic N) is 2. The summed E-state index contributed by atoms with van der Waals surface area (Å²) in [5, 5.41) is 19.8. The zero-order chi connectivity index (χ0) is 28.0. The summed E-state index contributed by atoms with van der Waals surface area (Å²) in [6.45, 7) is 7.59. The molecule has 9 heteroatoms. The summed E-state index contributed by atoms with van der Waals surface area (Å²) >= 11 is 0. The molecule has 0 aliphatic carbocycles. The number of carbonyl (C=O) groups excluding carboxylic acids is 1. The summed E-state index contributed by atoms with van der Waals surface area (Å²) in [4.78, 5) is 14.1.